The first kappa shape index (κ1) is 13.3. The van der Waals surface area contributed by atoms with Crippen molar-refractivity contribution in [3.05, 3.63) is 29.0 Å². The first-order valence-corrected chi connectivity index (χ1v) is 6.50. The predicted octanol–water partition coefficient (Wildman–Crippen LogP) is 1.90. The number of likely N-dealkylation sites (N-methyl/N-ethyl adjacent to an activating group) is 1. The molecule has 2 heterocycles. The number of hydrogen-bond acceptors (Lipinski definition) is 3. The lowest BCUT2D eigenvalue weighted by Gasteiger charge is -2.42. The van der Waals surface area contributed by atoms with Crippen molar-refractivity contribution in [3.63, 3.8) is 0 Å². The van der Waals surface area contributed by atoms with Crippen molar-refractivity contribution in [1.82, 2.24) is 14.8 Å². The number of rotatable bonds is 1. The van der Waals surface area contributed by atoms with Crippen LogP contribution in [0.1, 0.15) is 24.3 Å². The Hall–Kier alpha value is -1.13. The third kappa shape index (κ3) is 2.65. The number of aromatic nitrogens is 1. The number of pyridine rings is 1. The molecule has 0 bridgehead atoms. The molecule has 2 atom stereocenters. The van der Waals surface area contributed by atoms with Crippen LogP contribution in [-0.4, -0.2) is 52.9 Å². The van der Waals surface area contributed by atoms with Gasteiger partial charge in [-0.15, -0.1) is 0 Å². The van der Waals surface area contributed by atoms with Crippen molar-refractivity contribution in [2.75, 3.05) is 20.1 Å². The number of halogens is 1. The Morgan fingerprint density at radius 1 is 1.33 bits per heavy atom. The molecule has 1 aromatic rings. The van der Waals surface area contributed by atoms with E-state index in [-0.39, 0.29) is 5.91 Å². The fraction of sp³-hybridized carbons (Fsp3) is 0.538. The molecule has 1 aromatic heterocycles. The Balaban J connectivity index is 2.15. The molecule has 0 saturated carbocycles. The van der Waals surface area contributed by atoms with E-state index in [4.69, 9.17) is 11.6 Å². The Kier molecular flexibility index (Phi) is 3.88. The van der Waals surface area contributed by atoms with E-state index in [0.29, 0.717) is 22.9 Å². The van der Waals surface area contributed by atoms with Crippen LogP contribution >= 0.6 is 11.6 Å². The van der Waals surface area contributed by atoms with E-state index in [2.05, 4.69) is 30.8 Å². The highest BCUT2D eigenvalue weighted by atomic mass is 35.5. The van der Waals surface area contributed by atoms with Crippen LogP contribution in [0.25, 0.3) is 0 Å². The van der Waals surface area contributed by atoms with Gasteiger partial charge >= 0.3 is 0 Å². The van der Waals surface area contributed by atoms with Crippen molar-refractivity contribution < 1.29 is 4.79 Å². The Morgan fingerprint density at radius 2 is 1.94 bits per heavy atom. The maximum absolute atomic E-state index is 12.3. The highest BCUT2D eigenvalue weighted by Crippen LogP contribution is 2.16. The summed E-state index contributed by atoms with van der Waals surface area (Å²) in [5.41, 5.74) is 0.423. The first-order valence-electron chi connectivity index (χ1n) is 6.13. The van der Waals surface area contributed by atoms with Crippen LogP contribution in [0, 0.1) is 0 Å². The average Bonchev–Trinajstić information content (AvgIpc) is 2.34. The molecule has 98 valence electrons. The summed E-state index contributed by atoms with van der Waals surface area (Å²) in [5, 5.41) is 0.357. The summed E-state index contributed by atoms with van der Waals surface area (Å²) in [6, 6.07) is 5.86. The number of piperazine rings is 1. The van der Waals surface area contributed by atoms with Gasteiger partial charge < -0.3 is 4.90 Å². The van der Waals surface area contributed by atoms with Gasteiger partial charge in [0.2, 0.25) is 0 Å². The minimum atomic E-state index is -0.0377. The molecule has 0 aromatic carbocycles. The Morgan fingerprint density at radius 3 is 2.50 bits per heavy atom. The Labute approximate surface area is 113 Å². The molecule has 5 heteroatoms. The summed E-state index contributed by atoms with van der Waals surface area (Å²) >= 11 is 5.82. The maximum atomic E-state index is 12.3. The second-order valence-corrected chi connectivity index (χ2v) is 5.31. The first-order chi connectivity index (χ1) is 8.49. The topological polar surface area (TPSA) is 36.4 Å². The van der Waals surface area contributed by atoms with Crippen molar-refractivity contribution in [3.8, 4) is 0 Å². The van der Waals surface area contributed by atoms with Gasteiger partial charge in [-0.2, -0.15) is 0 Å². The highest BCUT2D eigenvalue weighted by Gasteiger charge is 2.30. The summed E-state index contributed by atoms with van der Waals surface area (Å²) in [7, 11) is 2.09. The zero-order valence-corrected chi connectivity index (χ0v) is 11.7. The van der Waals surface area contributed by atoms with Crippen LogP contribution < -0.4 is 0 Å². The minimum absolute atomic E-state index is 0.0377. The number of carbonyl (C=O) groups excluding carboxylic acids is 1. The lowest BCUT2D eigenvalue weighted by Crippen LogP contribution is -2.56. The molecule has 2 rings (SSSR count). The average molecular weight is 268 g/mol. The van der Waals surface area contributed by atoms with Crippen LogP contribution in [0.4, 0.5) is 0 Å². The SMILES string of the molecule is CC1CN(C(=O)c2cccc(Cl)n2)CC(C)N1C. The third-order valence-electron chi connectivity index (χ3n) is 3.58. The number of hydrogen-bond donors (Lipinski definition) is 0. The van der Waals surface area contributed by atoms with Crippen LogP contribution in [0.3, 0.4) is 0 Å². The highest BCUT2D eigenvalue weighted by molar-refractivity contribution is 6.29. The van der Waals surface area contributed by atoms with Gasteiger partial charge in [0.15, 0.2) is 0 Å². The molecule has 4 nitrogen and oxygen atoms in total. The van der Waals surface area contributed by atoms with Gasteiger partial charge in [0.25, 0.3) is 5.91 Å². The van der Waals surface area contributed by atoms with E-state index in [1.54, 1.807) is 18.2 Å². The number of carbonyl (C=O) groups is 1. The third-order valence-corrected chi connectivity index (χ3v) is 3.79. The molecule has 1 aliphatic rings. The smallest absolute Gasteiger partial charge is 0.272 e. The molecule has 1 fully saturated rings. The number of amides is 1. The lowest BCUT2D eigenvalue weighted by molar-refractivity contribution is 0.0409. The second-order valence-electron chi connectivity index (χ2n) is 4.92. The fourth-order valence-corrected chi connectivity index (χ4v) is 2.42. The summed E-state index contributed by atoms with van der Waals surface area (Å²) < 4.78 is 0. The molecule has 1 aliphatic heterocycles. The van der Waals surface area contributed by atoms with Gasteiger partial charge in [0.05, 0.1) is 0 Å². The maximum Gasteiger partial charge on any atom is 0.272 e. The summed E-state index contributed by atoms with van der Waals surface area (Å²) in [6.07, 6.45) is 0. The fourth-order valence-electron chi connectivity index (χ4n) is 2.26. The monoisotopic (exact) mass is 267 g/mol. The zero-order valence-electron chi connectivity index (χ0n) is 10.9. The molecular weight excluding hydrogens is 250 g/mol. The molecule has 0 N–H and O–H groups in total. The normalized spacial score (nSPS) is 25.2. The van der Waals surface area contributed by atoms with Crippen LogP contribution in [0.2, 0.25) is 5.15 Å². The van der Waals surface area contributed by atoms with Crippen molar-refractivity contribution in [1.29, 1.82) is 0 Å². The zero-order chi connectivity index (χ0) is 13.3. The van der Waals surface area contributed by atoms with E-state index in [1.165, 1.54) is 0 Å². The van der Waals surface area contributed by atoms with Crippen LogP contribution in [-0.2, 0) is 0 Å². The lowest BCUT2D eigenvalue weighted by atomic mass is 10.1. The summed E-state index contributed by atoms with van der Waals surface area (Å²) in [6.45, 7) is 5.71. The van der Waals surface area contributed by atoms with Gasteiger partial charge in [0.1, 0.15) is 10.8 Å². The van der Waals surface area contributed by atoms with Crippen molar-refractivity contribution in [2.24, 2.45) is 0 Å². The van der Waals surface area contributed by atoms with Gasteiger partial charge in [-0.05, 0) is 33.0 Å². The van der Waals surface area contributed by atoms with Gasteiger partial charge in [0, 0.05) is 25.2 Å². The van der Waals surface area contributed by atoms with Crippen LogP contribution in [0.5, 0.6) is 0 Å². The molecule has 0 spiro atoms. The van der Waals surface area contributed by atoms with Gasteiger partial charge in [-0.1, -0.05) is 17.7 Å². The predicted molar refractivity (Wildman–Crippen MR) is 71.8 cm³/mol. The van der Waals surface area contributed by atoms with E-state index in [9.17, 15) is 4.79 Å². The minimum Gasteiger partial charge on any atom is -0.334 e. The van der Waals surface area contributed by atoms with Crippen molar-refractivity contribution >= 4 is 17.5 Å². The van der Waals surface area contributed by atoms with E-state index in [0.717, 1.165) is 13.1 Å². The number of nitrogens with zero attached hydrogens (tertiary/aromatic N) is 3. The molecule has 1 saturated heterocycles. The van der Waals surface area contributed by atoms with E-state index < -0.39 is 0 Å². The molecule has 0 radical (unpaired) electrons. The summed E-state index contributed by atoms with van der Waals surface area (Å²) in [4.78, 5) is 20.6. The largest absolute Gasteiger partial charge is 0.334 e. The standard InChI is InChI=1S/C13H18ClN3O/c1-9-7-17(8-10(2)16(9)3)13(18)11-5-4-6-12(14)15-11/h4-6,9-10H,7-8H2,1-3H3. The quantitative estimate of drug-likeness (QED) is 0.729. The molecule has 0 aliphatic carbocycles. The van der Waals surface area contributed by atoms with Gasteiger partial charge in [-0.25, -0.2) is 4.98 Å². The van der Waals surface area contributed by atoms with Gasteiger partial charge in [-0.3, -0.25) is 9.69 Å². The molecule has 2 unspecified atom stereocenters. The van der Waals surface area contributed by atoms with E-state index >= 15 is 0 Å². The molecule has 18 heavy (non-hydrogen) atoms. The van der Waals surface area contributed by atoms with E-state index in [1.807, 2.05) is 4.90 Å². The van der Waals surface area contributed by atoms with Crippen LogP contribution in [0.15, 0.2) is 18.2 Å². The summed E-state index contributed by atoms with van der Waals surface area (Å²) in [5.74, 6) is -0.0377. The molecule has 1 amide bonds. The molecular formula is C13H18ClN3O. The van der Waals surface area contributed by atoms with Crippen molar-refractivity contribution in [2.45, 2.75) is 25.9 Å². The Bertz CT molecular complexity index is 440. The second kappa shape index (κ2) is 5.24.